The lowest BCUT2D eigenvalue weighted by atomic mass is 9.72. The van der Waals surface area contributed by atoms with Gasteiger partial charge < -0.3 is 39.7 Å². The molecular formula is C28H31NO13S. The Morgan fingerprint density at radius 3 is 2.44 bits per heavy atom. The zero-order valence-corrected chi connectivity index (χ0v) is 24.2. The number of ketones is 3. The van der Waals surface area contributed by atoms with E-state index in [0.717, 1.165) is 6.26 Å². The maximum atomic E-state index is 13.7. The number of aliphatic hydroxyl groups excluding tert-OH is 2. The molecule has 1 fully saturated rings. The number of fused-ring (bicyclic) bond motifs is 3. The molecule has 0 radical (unpaired) electrons. The Morgan fingerprint density at radius 1 is 1.14 bits per heavy atom. The molecular weight excluding hydrogens is 590 g/mol. The predicted octanol–water partition coefficient (Wildman–Crippen LogP) is -0.408. The van der Waals surface area contributed by atoms with Gasteiger partial charge in [-0.25, -0.2) is 13.1 Å². The van der Waals surface area contributed by atoms with Crippen molar-refractivity contribution in [1.82, 2.24) is 4.72 Å². The fourth-order valence-electron chi connectivity index (χ4n) is 6.11. The fraction of sp³-hybridized carbons (Fsp3) is 0.464. The molecule has 0 amide bonds. The second kappa shape index (κ2) is 10.9. The first-order valence-electron chi connectivity index (χ1n) is 13.3. The molecule has 5 rings (SSSR count). The molecule has 43 heavy (non-hydrogen) atoms. The highest BCUT2D eigenvalue weighted by molar-refractivity contribution is 7.88. The minimum atomic E-state index is -3.77. The molecule has 2 aromatic carbocycles. The number of Topliss-reactive ketones (excluding diaryl/α,β-unsaturated/α-hetero) is 1. The zero-order chi connectivity index (χ0) is 31.6. The Balaban J connectivity index is 1.65. The lowest BCUT2D eigenvalue weighted by Gasteiger charge is -2.42. The molecule has 6 N–H and O–H groups in total. The number of methoxy groups -OCH3 is 1. The molecule has 1 saturated heterocycles. The number of rotatable bonds is 7. The number of carbonyl (C=O) groups is 3. The van der Waals surface area contributed by atoms with Crippen LogP contribution in [0.25, 0.3) is 0 Å². The van der Waals surface area contributed by atoms with Crippen molar-refractivity contribution in [2.24, 2.45) is 0 Å². The number of sulfonamides is 1. The molecule has 2 aromatic rings. The highest BCUT2D eigenvalue weighted by Crippen LogP contribution is 2.52. The Morgan fingerprint density at radius 2 is 1.81 bits per heavy atom. The molecule has 0 saturated carbocycles. The van der Waals surface area contributed by atoms with E-state index >= 15 is 0 Å². The molecule has 1 aliphatic heterocycles. The second-order valence-corrected chi connectivity index (χ2v) is 12.8. The van der Waals surface area contributed by atoms with E-state index < -0.39 is 106 Å². The van der Waals surface area contributed by atoms with Crippen LogP contribution in [-0.2, 0) is 30.7 Å². The van der Waals surface area contributed by atoms with E-state index in [1.165, 1.54) is 32.2 Å². The third kappa shape index (κ3) is 5.20. The summed E-state index contributed by atoms with van der Waals surface area (Å²) >= 11 is 0. The maximum Gasteiger partial charge on any atom is 0.209 e. The Hall–Kier alpha value is -3.44. The lowest BCUT2D eigenvalue weighted by Crippen LogP contribution is -2.55. The van der Waals surface area contributed by atoms with Gasteiger partial charge in [-0.1, -0.05) is 12.1 Å². The number of aliphatic hydroxyl groups is 3. The van der Waals surface area contributed by atoms with Gasteiger partial charge in [0.25, 0.3) is 0 Å². The second-order valence-electron chi connectivity index (χ2n) is 11.0. The molecule has 2 aliphatic carbocycles. The van der Waals surface area contributed by atoms with Gasteiger partial charge in [0, 0.05) is 36.0 Å². The number of carbonyl (C=O) groups excluding carboxylic acids is 3. The van der Waals surface area contributed by atoms with Gasteiger partial charge in [0.1, 0.15) is 29.5 Å². The predicted molar refractivity (Wildman–Crippen MR) is 146 cm³/mol. The number of nitrogens with one attached hydrogen (secondary N) is 1. The smallest absolute Gasteiger partial charge is 0.209 e. The van der Waals surface area contributed by atoms with Gasteiger partial charge in [-0.3, -0.25) is 14.4 Å². The van der Waals surface area contributed by atoms with Crippen molar-refractivity contribution < 1.29 is 62.5 Å². The maximum absolute atomic E-state index is 13.7. The third-order valence-electron chi connectivity index (χ3n) is 8.13. The van der Waals surface area contributed by atoms with Crippen LogP contribution >= 0.6 is 0 Å². The van der Waals surface area contributed by atoms with Crippen LogP contribution in [0, 0.1) is 0 Å². The van der Waals surface area contributed by atoms with Crippen LogP contribution in [0.4, 0.5) is 0 Å². The van der Waals surface area contributed by atoms with Crippen molar-refractivity contribution in [3.05, 3.63) is 51.6 Å². The fourth-order valence-corrected chi connectivity index (χ4v) is 6.89. The Kier molecular flexibility index (Phi) is 7.88. The number of phenolic OH excluding ortho intramolecular Hbond substituents is 2. The van der Waals surface area contributed by atoms with Crippen LogP contribution in [0.2, 0.25) is 0 Å². The van der Waals surface area contributed by atoms with Crippen LogP contribution < -0.4 is 9.46 Å². The molecule has 232 valence electrons. The van der Waals surface area contributed by atoms with Crippen LogP contribution in [0.5, 0.6) is 17.2 Å². The summed E-state index contributed by atoms with van der Waals surface area (Å²) in [4.78, 5) is 40.0. The van der Waals surface area contributed by atoms with Gasteiger partial charge in [0.2, 0.25) is 15.8 Å². The molecule has 15 heteroatoms. The van der Waals surface area contributed by atoms with E-state index in [1.807, 2.05) is 0 Å². The summed E-state index contributed by atoms with van der Waals surface area (Å²) in [6.45, 7) is 0.386. The molecule has 14 nitrogen and oxygen atoms in total. The zero-order valence-electron chi connectivity index (χ0n) is 23.4. The average Bonchev–Trinajstić information content (AvgIpc) is 2.94. The van der Waals surface area contributed by atoms with Crippen LogP contribution in [-0.4, -0.2) is 101 Å². The highest BCUT2D eigenvalue weighted by atomic mass is 32.2. The van der Waals surface area contributed by atoms with E-state index in [-0.39, 0.29) is 34.4 Å². The Bertz CT molecular complexity index is 1640. The van der Waals surface area contributed by atoms with Crippen molar-refractivity contribution >= 4 is 27.4 Å². The first-order chi connectivity index (χ1) is 20.1. The molecule has 0 spiro atoms. The monoisotopic (exact) mass is 621 g/mol. The average molecular weight is 622 g/mol. The number of ether oxygens (including phenoxy) is 3. The molecule has 0 aromatic heterocycles. The summed E-state index contributed by atoms with van der Waals surface area (Å²) in [6.07, 6.45) is -5.52. The molecule has 4 unspecified atom stereocenters. The minimum Gasteiger partial charge on any atom is -0.507 e. The van der Waals surface area contributed by atoms with E-state index in [4.69, 9.17) is 14.2 Å². The van der Waals surface area contributed by atoms with E-state index in [2.05, 4.69) is 4.72 Å². The third-order valence-corrected chi connectivity index (χ3v) is 8.86. The minimum absolute atomic E-state index is 0.0568. The van der Waals surface area contributed by atoms with Gasteiger partial charge >= 0.3 is 0 Å². The normalized spacial score (nSPS) is 28.6. The molecule has 1 heterocycles. The summed E-state index contributed by atoms with van der Waals surface area (Å²) in [5, 5.41) is 54.3. The van der Waals surface area contributed by atoms with Crippen molar-refractivity contribution in [2.45, 2.75) is 62.4 Å². The van der Waals surface area contributed by atoms with Gasteiger partial charge in [0.15, 0.2) is 17.9 Å². The Labute approximate surface area is 245 Å². The highest BCUT2D eigenvalue weighted by Gasteiger charge is 2.50. The number of hydrogen-bond acceptors (Lipinski definition) is 13. The van der Waals surface area contributed by atoms with Crippen molar-refractivity contribution in [3.8, 4) is 17.2 Å². The SMILES string of the molecule is COc1cccc2c1C(=O)c1c(O)c3c(c(O)c1C2=O)C[C@@](O)(C(=O)CO)C[C@@H]3OC1CC(NS(C)(=O)=O)C(O)C(C)O1. The standard InChI is InChI=1S/C28H31NO13S/c1-11-23(32)14(29-43(3,38)39)7-18(41-11)42-16-9-28(37,17(31)10-30)8-13-20(16)27(36)22-21(25(13)34)24(33)12-5-4-6-15(40-2)19(12)26(22)35/h4-6,11,14,16,18,23,29-30,32,34,36-37H,7-10H2,1-3H3/t11?,14?,16-,18?,23?,28-/m0/s1. The van der Waals surface area contributed by atoms with E-state index in [9.17, 15) is 48.3 Å². The quantitative estimate of drug-likeness (QED) is 0.185. The summed E-state index contributed by atoms with van der Waals surface area (Å²) in [5.74, 6) is -4.13. The van der Waals surface area contributed by atoms with Gasteiger partial charge in [0.05, 0.1) is 54.4 Å². The topological polar surface area (TPSA) is 226 Å². The first kappa shape index (κ1) is 31.0. The molecule has 6 atom stereocenters. The van der Waals surface area contributed by atoms with Crippen molar-refractivity contribution in [2.75, 3.05) is 20.0 Å². The number of hydrogen-bond donors (Lipinski definition) is 6. The van der Waals surface area contributed by atoms with Gasteiger partial charge in [-0.2, -0.15) is 0 Å². The van der Waals surface area contributed by atoms with E-state index in [0.29, 0.717) is 0 Å². The largest absolute Gasteiger partial charge is 0.507 e. The summed E-state index contributed by atoms with van der Waals surface area (Å²) in [6, 6.07) is 3.22. The van der Waals surface area contributed by atoms with E-state index in [1.54, 1.807) is 0 Å². The first-order valence-corrected chi connectivity index (χ1v) is 15.2. The van der Waals surface area contributed by atoms with Crippen molar-refractivity contribution in [1.29, 1.82) is 0 Å². The summed E-state index contributed by atoms with van der Waals surface area (Å²) in [5.41, 5.74) is -4.10. The lowest BCUT2D eigenvalue weighted by molar-refractivity contribution is -0.248. The van der Waals surface area contributed by atoms with Crippen molar-refractivity contribution in [3.63, 3.8) is 0 Å². The summed E-state index contributed by atoms with van der Waals surface area (Å²) in [7, 11) is -2.47. The van der Waals surface area contributed by atoms with Crippen LogP contribution in [0.15, 0.2) is 18.2 Å². The number of benzene rings is 2. The van der Waals surface area contributed by atoms with Gasteiger partial charge in [-0.15, -0.1) is 0 Å². The molecule has 0 bridgehead atoms. The van der Waals surface area contributed by atoms with Crippen LogP contribution in [0.1, 0.15) is 68.8 Å². The summed E-state index contributed by atoms with van der Waals surface area (Å²) < 4.78 is 43.1. The number of aromatic hydroxyl groups is 2. The molecule has 3 aliphatic rings. The van der Waals surface area contributed by atoms with Gasteiger partial charge in [-0.05, 0) is 13.0 Å². The van der Waals surface area contributed by atoms with Crippen LogP contribution in [0.3, 0.4) is 0 Å². The number of phenols is 2.